The van der Waals surface area contributed by atoms with Gasteiger partial charge in [0.25, 0.3) is 0 Å². The van der Waals surface area contributed by atoms with Crippen LogP contribution in [-0.4, -0.2) is 31.1 Å². The largest absolute Gasteiger partial charge is 0.492 e. The first-order valence-corrected chi connectivity index (χ1v) is 6.25. The van der Waals surface area contributed by atoms with Gasteiger partial charge in [-0.1, -0.05) is 11.6 Å². The fourth-order valence-corrected chi connectivity index (χ4v) is 2.12. The van der Waals surface area contributed by atoms with Crippen molar-refractivity contribution in [3.8, 4) is 5.75 Å². The lowest BCUT2D eigenvalue weighted by Gasteiger charge is -2.15. The second kappa shape index (κ2) is 5.55. The van der Waals surface area contributed by atoms with E-state index in [0.717, 1.165) is 29.5 Å². The molecule has 1 aliphatic rings. The Hall–Kier alpha value is -0.730. The van der Waals surface area contributed by atoms with Crippen LogP contribution >= 0.6 is 11.6 Å². The minimum absolute atomic E-state index is 0.765. The maximum atomic E-state index is 5.95. The summed E-state index contributed by atoms with van der Waals surface area (Å²) in [5, 5.41) is 0.798. The van der Waals surface area contributed by atoms with Crippen LogP contribution in [0.4, 0.5) is 0 Å². The van der Waals surface area contributed by atoms with Crippen molar-refractivity contribution in [3.63, 3.8) is 0 Å². The fraction of sp³-hybridized carbons (Fsp3) is 0.538. The van der Waals surface area contributed by atoms with Crippen LogP contribution < -0.4 is 4.74 Å². The van der Waals surface area contributed by atoms with Gasteiger partial charge in [-0.15, -0.1) is 0 Å². The number of nitrogens with zero attached hydrogens (tertiary/aromatic N) is 1. The predicted molar refractivity (Wildman–Crippen MR) is 67.4 cm³/mol. The van der Waals surface area contributed by atoms with E-state index >= 15 is 0 Å². The number of halogens is 1. The van der Waals surface area contributed by atoms with Gasteiger partial charge in [-0.2, -0.15) is 0 Å². The van der Waals surface area contributed by atoms with Crippen molar-refractivity contribution in [1.82, 2.24) is 4.90 Å². The highest BCUT2D eigenvalue weighted by Gasteiger charge is 2.10. The quantitative estimate of drug-likeness (QED) is 0.801. The highest BCUT2D eigenvalue weighted by Crippen LogP contribution is 2.21. The molecule has 1 saturated heterocycles. The van der Waals surface area contributed by atoms with Crippen LogP contribution in [0.1, 0.15) is 18.4 Å². The van der Waals surface area contributed by atoms with E-state index in [1.807, 2.05) is 25.1 Å². The van der Waals surface area contributed by atoms with E-state index in [1.54, 1.807) is 0 Å². The van der Waals surface area contributed by atoms with Gasteiger partial charge < -0.3 is 4.74 Å². The van der Waals surface area contributed by atoms with Crippen LogP contribution in [0, 0.1) is 6.92 Å². The van der Waals surface area contributed by atoms with E-state index < -0.39 is 0 Å². The van der Waals surface area contributed by atoms with Gasteiger partial charge in [-0.3, -0.25) is 4.90 Å². The minimum Gasteiger partial charge on any atom is -0.492 e. The molecule has 0 unspecified atom stereocenters. The van der Waals surface area contributed by atoms with Crippen LogP contribution in [0.15, 0.2) is 18.2 Å². The Morgan fingerprint density at radius 3 is 2.75 bits per heavy atom. The standard InChI is InChI=1S/C13H18ClNO/c1-11-10-12(4-5-13(11)14)16-9-8-15-6-2-3-7-15/h4-5,10H,2-3,6-9H2,1H3. The van der Waals surface area contributed by atoms with Gasteiger partial charge in [-0.25, -0.2) is 0 Å². The molecule has 1 aliphatic heterocycles. The van der Waals surface area contributed by atoms with E-state index in [4.69, 9.17) is 16.3 Å². The van der Waals surface area contributed by atoms with Crippen LogP contribution in [0.3, 0.4) is 0 Å². The maximum absolute atomic E-state index is 5.95. The molecule has 1 fully saturated rings. The normalized spacial score (nSPS) is 16.6. The first-order chi connectivity index (χ1) is 7.75. The summed E-state index contributed by atoms with van der Waals surface area (Å²) in [6, 6.07) is 5.81. The molecule has 1 aromatic rings. The molecule has 2 rings (SSSR count). The lowest BCUT2D eigenvalue weighted by Crippen LogP contribution is -2.25. The molecule has 3 heteroatoms. The molecule has 16 heavy (non-hydrogen) atoms. The number of hydrogen-bond acceptors (Lipinski definition) is 2. The van der Waals surface area contributed by atoms with Gasteiger partial charge in [0.15, 0.2) is 0 Å². The Kier molecular flexibility index (Phi) is 4.08. The van der Waals surface area contributed by atoms with Gasteiger partial charge in [0.05, 0.1) is 0 Å². The van der Waals surface area contributed by atoms with E-state index in [9.17, 15) is 0 Å². The zero-order valence-corrected chi connectivity index (χ0v) is 10.5. The molecule has 0 saturated carbocycles. The maximum Gasteiger partial charge on any atom is 0.119 e. The smallest absolute Gasteiger partial charge is 0.119 e. The molecular weight excluding hydrogens is 222 g/mol. The van der Waals surface area contributed by atoms with Crippen molar-refractivity contribution in [2.24, 2.45) is 0 Å². The van der Waals surface area contributed by atoms with Crippen LogP contribution in [-0.2, 0) is 0 Å². The molecule has 0 aromatic heterocycles. The highest BCUT2D eigenvalue weighted by atomic mass is 35.5. The van der Waals surface area contributed by atoms with Gasteiger partial charge >= 0.3 is 0 Å². The van der Waals surface area contributed by atoms with Crippen molar-refractivity contribution in [2.75, 3.05) is 26.2 Å². The summed E-state index contributed by atoms with van der Waals surface area (Å²) in [5.41, 5.74) is 1.07. The highest BCUT2D eigenvalue weighted by molar-refractivity contribution is 6.31. The average molecular weight is 240 g/mol. The monoisotopic (exact) mass is 239 g/mol. The lowest BCUT2D eigenvalue weighted by atomic mass is 10.2. The molecule has 88 valence electrons. The topological polar surface area (TPSA) is 12.5 Å². The molecule has 0 radical (unpaired) electrons. The molecule has 1 heterocycles. The van der Waals surface area contributed by atoms with Crippen molar-refractivity contribution in [3.05, 3.63) is 28.8 Å². The summed E-state index contributed by atoms with van der Waals surface area (Å²) >= 11 is 5.95. The summed E-state index contributed by atoms with van der Waals surface area (Å²) < 4.78 is 5.70. The van der Waals surface area contributed by atoms with Crippen molar-refractivity contribution >= 4 is 11.6 Å². The third kappa shape index (κ3) is 3.13. The average Bonchev–Trinajstić information content (AvgIpc) is 2.76. The van der Waals surface area contributed by atoms with Gasteiger partial charge in [0, 0.05) is 11.6 Å². The molecular formula is C13H18ClNO. The number of ether oxygens (including phenoxy) is 1. The zero-order chi connectivity index (χ0) is 11.4. The molecule has 0 aliphatic carbocycles. The van der Waals surface area contributed by atoms with Crippen LogP contribution in [0.25, 0.3) is 0 Å². The Morgan fingerprint density at radius 2 is 2.06 bits per heavy atom. The van der Waals surface area contributed by atoms with E-state index in [-0.39, 0.29) is 0 Å². The third-order valence-corrected chi connectivity index (χ3v) is 3.43. The summed E-state index contributed by atoms with van der Waals surface area (Å²) in [6.07, 6.45) is 2.67. The molecule has 0 spiro atoms. The number of likely N-dealkylation sites (tertiary alicyclic amines) is 1. The molecule has 0 bridgehead atoms. The number of rotatable bonds is 4. The Bertz CT molecular complexity index is 348. The van der Waals surface area contributed by atoms with Gasteiger partial charge in [-0.05, 0) is 56.6 Å². The first-order valence-electron chi connectivity index (χ1n) is 5.87. The second-order valence-electron chi connectivity index (χ2n) is 4.31. The van der Waals surface area contributed by atoms with Crippen molar-refractivity contribution in [1.29, 1.82) is 0 Å². The minimum atomic E-state index is 0.765. The van der Waals surface area contributed by atoms with E-state index in [1.165, 1.54) is 25.9 Å². The summed E-state index contributed by atoms with van der Waals surface area (Å²) in [5.74, 6) is 0.918. The lowest BCUT2D eigenvalue weighted by molar-refractivity contribution is 0.237. The third-order valence-electron chi connectivity index (χ3n) is 3.00. The SMILES string of the molecule is Cc1cc(OCCN2CCCC2)ccc1Cl. The zero-order valence-electron chi connectivity index (χ0n) is 9.71. The van der Waals surface area contributed by atoms with Crippen molar-refractivity contribution < 1.29 is 4.74 Å². The molecule has 1 aromatic carbocycles. The Balaban J connectivity index is 1.78. The van der Waals surface area contributed by atoms with E-state index in [0.29, 0.717) is 0 Å². The molecule has 0 N–H and O–H groups in total. The first kappa shape index (κ1) is 11.7. The van der Waals surface area contributed by atoms with E-state index in [2.05, 4.69) is 4.90 Å². The van der Waals surface area contributed by atoms with Crippen molar-refractivity contribution in [2.45, 2.75) is 19.8 Å². The number of hydrogen-bond donors (Lipinski definition) is 0. The molecule has 0 amide bonds. The predicted octanol–water partition coefficient (Wildman–Crippen LogP) is 3.12. The van der Waals surface area contributed by atoms with Crippen LogP contribution in [0.2, 0.25) is 5.02 Å². The summed E-state index contributed by atoms with van der Waals surface area (Å²) in [6.45, 7) is 6.24. The van der Waals surface area contributed by atoms with Crippen LogP contribution in [0.5, 0.6) is 5.75 Å². The second-order valence-corrected chi connectivity index (χ2v) is 4.72. The fourth-order valence-electron chi connectivity index (χ4n) is 2.01. The molecule has 0 atom stereocenters. The molecule has 2 nitrogen and oxygen atoms in total. The summed E-state index contributed by atoms with van der Waals surface area (Å²) in [4.78, 5) is 2.45. The Labute approximate surface area is 102 Å². The number of benzene rings is 1. The number of aryl methyl sites for hydroxylation is 1. The Morgan fingerprint density at radius 1 is 1.31 bits per heavy atom. The summed E-state index contributed by atoms with van der Waals surface area (Å²) in [7, 11) is 0. The van der Waals surface area contributed by atoms with Gasteiger partial charge in [0.2, 0.25) is 0 Å². The van der Waals surface area contributed by atoms with Gasteiger partial charge in [0.1, 0.15) is 12.4 Å².